The van der Waals surface area contributed by atoms with E-state index in [0.29, 0.717) is 30.2 Å². The summed E-state index contributed by atoms with van der Waals surface area (Å²) in [6.07, 6.45) is -3.25. The normalized spacial score (nSPS) is 20.0. The summed E-state index contributed by atoms with van der Waals surface area (Å²) >= 11 is 0. The van der Waals surface area contributed by atoms with E-state index in [-0.39, 0.29) is 6.54 Å². The van der Waals surface area contributed by atoms with Crippen LogP contribution < -0.4 is 15.0 Å². The molecule has 1 aromatic heterocycles. The summed E-state index contributed by atoms with van der Waals surface area (Å²) in [6.45, 7) is 0.588. The molecule has 0 aliphatic carbocycles. The van der Waals surface area contributed by atoms with Gasteiger partial charge in [-0.3, -0.25) is 4.79 Å². The number of rotatable bonds is 4. The Morgan fingerprint density at radius 1 is 1.25 bits per heavy atom. The zero-order valence-corrected chi connectivity index (χ0v) is 14.9. The van der Waals surface area contributed by atoms with Crippen molar-refractivity contribution in [2.24, 2.45) is 0 Å². The smallest absolute Gasteiger partial charge is 0.471 e. The predicted octanol–water partition coefficient (Wildman–Crippen LogP) is 2.67. The maximum atomic E-state index is 13.2. The van der Waals surface area contributed by atoms with Crippen molar-refractivity contribution in [3.05, 3.63) is 48.0 Å². The zero-order valence-electron chi connectivity index (χ0n) is 14.9. The van der Waals surface area contributed by atoms with E-state index < -0.39 is 29.9 Å². The fraction of sp³-hybridized carbons (Fsp3) is 0.389. The molecule has 1 aliphatic heterocycles. The number of amides is 1. The number of halogens is 4. The number of carbonyl (C=O) groups excluding carboxylic acids is 1. The summed E-state index contributed by atoms with van der Waals surface area (Å²) in [6, 6.07) is 6.28. The number of methoxy groups -OCH3 is 1. The number of alkyl halides is 3. The topological polar surface area (TPSA) is 67.3 Å². The molecule has 150 valence electrons. The highest BCUT2D eigenvalue weighted by Crippen LogP contribution is 2.31. The van der Waals surface area contributed by atoms with Crippen molar-refractivity contribution in [1.82, 2.24) is 15.3 Å². The molecule has 28 heavy (non-hydrogen) atoms. The molecule has 6 nitrogen and oxygen atoms in total. The molecule has 2 heterocycles. The van der Waals surface area contributed by atoms with Crippen molar-refractivity contribution < 1.29 is 27.1 Å². The number of anilines is 1. The van der Waals surface area contributed by atoms with Crippen LogP contribution in [0.5, 0.6) is 5.88 Å². The van der Waals surface area contributed by atoms with Gasteiger partial charge in [0.25, 0.3) is 0 Å². The number of benzene rings is 1. The Hall–Kier alpha value is -2.91. The number of hydrogen-bond acceptors (Lipinski definition) is 5. The maximum absolute atomic E-state index is 13.2. The number of ether oxygens (including phenoxy) is 1. The van der Waals surface area contributed by atoms with Crippen LogP contribution in [0.1, 0.15) is 17.9 Å². The van der Waals surface area contributed by atoms with Crippen LogP contribution in [-0.2, 0) is 4.79 Å². The Kier molecular flexibility index (Phi) is 5.66. The molecule has 2 unspecified atom stereocenters. The third kappa shape index (κ3) is 4.49. The monoisotopic (exact) mass is 398 g/mol. The van der Waals surface area contributed by atoms with E-state index in [1.165, 1.54) is 37.7 Å². The Bertz CT molecular complexity index is 829. The highest BCUT2D eigenvalue weighted by Gasteiger charge is 2.42. The van der Waals surface area contributed by atoms with E-state index in [1.54, 1.807) is 11.0 Å². The van der Waals surface area contributed by atoms with Gasteiger partial charge in [-0.05, 0) is 24.1 Å². The van der Waals surface area contributed by atoms with Crippen molar-refractivity contribution in [2.45, 2.75) is 24.6 Å². The lowest BCUT2D eigenvalue weighted by Crippen LogP contribution is -2.54. The van der Waals surface area contributed by atoms with Gasteiger partial charge < -0.3 is 15.0 Å². The fourth-order valence-corrected chi connectivity index (χ4v) is 3.28. The van der Waals surface area contributed by atoms with Gasteiger partial charge in [0.1, 0.15) is 18.0 Å². The second kappa shape index (κ2) is 7.99. The number of hydrogen-bond donors (Lipinski definition) is 1. The van der Waals surface area contributed by atoms with Crippen LogP contribution in [0.15, 0.2) is 36.7 Å². The molecule has 1 fully saturated rings. The standard InChI is InChI=1S/C18H18F4N4O2/c1-28-16-8-15(23-10-24-16)26-7-6-13(11-2-4-12(19)5-3-11)14(9-26)25-17(27)18(20,21)22/h2-5,8,10,13-14H,6-7,9H2,1H3,(H,25,27). The molecule has 10 heteroatoms. The quantitative estimate of drug-likeness (QED) is 0.803. The van der Waals surface area contributed by atoms with Crippen LogP contribution in [0, 0.1) is 5.82 Å². The highest BCUT2D eigenvalue weighted by molar-refractivity contribution is 5.82. The lowest BCUT2D eigenvalue weighted by molar-refractivity contribution is -0.174. The third-order valence-corrected chi connectivity index (χ3v) is 4.65. The Morgan fingerprint density at radius 3 is 2.61 bits per heavy atom. The van der Waals surface area contributed by atoms with E-state index >= 15 is 0 Å². The highest BCUT2D eigenvalue weighted by atomic mass is 19.4. The SMILES string of the molecule is COc1cc(N2CCC(c3ccc(F)cc3)C(NC(=O)C(F)(F)F)C2)ncn1. The molecule has 0 spiro atoms. The van der Waals surface area contributed by atoms with Crippen molar-refractivity contribution >= 4 is 11.7 Å². The van der Waals surface area contributed by atoms with Crippen molar-refractivity contribution in [1.29, 1.82) is 0 Å². The van der Waals surface area contributed by atoms with Crippen LogP contribution in [0.3, 0.4) is 0 Å². The van der Waals surface area contributed by atoms with Crippen LogP contribution >= 0.6 is 0 Å². The summed E-state index contributed by atoms with van der Waals surface area (Å²) in [4.78, 5) is 21.3. The first-order valence-electron chi connectivity index (χ1n) is 8.52. The van der Waals surface area contributed by atoms with Gasteiger partial charge in [0.05, 0.1) is 13.2 Å². The van der Waals surface area contributed by atoms with Crippen LogP contribution in [0.2, 0.25) is 0 Å². The average Bonchev–Trinajstić information content (AvgIpc) is 2.68. The summed E-state index contributed by atoms with van der Waals surface area (Å²) in [5, 5.41) is 2.08. The van der Waals surface area contributed by atoms with Crippen LogP contribution in [0.25, 0.3) is 0 Å². The molecule has 0 bridgehead atoms. The first-order valence-corrected chi connectivity index (χ1v) is 8.52. The van der Waals surface area contributed by atoms with E-state index in [2.05, 4.69) is 15.3 Å². The minimum atomic E-state index is -4.99. The van der Waals surface area contributed by atoms with Gasteiger partial charge in [0.2, 0.25) is 5.88 Å². The molecular weight excluding hydrogens is 380 g/mol. The lowest BCUT2D eigenvalue weighted by Gasteiger charge is -2.39. The summed E-state index contributed by atoms with van der Waals surface area (Å²) < 4.78 is 56.7. The molecule has 1 saturated heterocycles. The molecule has 1 amide bonds. The molecule has 3 rings (SSSR count). The summed E-state index contributed by atoms with van der Waals surface area (Å²) in [5.74, 6) is -2.04. The van der Waals surface area contributed by atoms with Gasteiger partial charge in [-0.2, -0.15) is 13.2 Å². The molecule has 0 saturated carbocycles. The van der Waals surface area contributed by atoms with Crippen LogP contribution in [-0.4, -0.2) is 48.3 Å². The first-order chi connectivity index (χ1) is 13.3. The minimum Gasteiger partial charge on any atom is -0.481 e. The predicted molar refractivity (Wildman–Crippen MR) is 92.5 cm³/mol. The van der Waals surface area contributed by atoms with Gasteiger partial charge in [-0.25, -0.2) is 14.4 Å². The van der Waals surface area contributed by atoms with E-state index in [0.717, 1.165) is 0 Å². The largest absolute Gasteiger partial charge is 0.481 e. The molecule has 2 atom stereocenters. The van der Waals surface area contributed by atoms with Gasteiger partial charge in [0, 0.05) is 25.1 Å². The Morgan fingerprint density at radius 2 is 1.96 bits per heavy atom. The number of piperidine rings is 1. The first kappa shape index (κ1) is 19.8. The average molecular weight is 398 g/mol. The zero-order chi connectivity index (χ0) is 20.3. The Labute approximate surface area is 158 Å². The molecule has 1 aliphatic rings. The second-order valence-corrected chi connectivity index (χ2v) is 6.39. The minimum absolute atomic E-state index is 0.101. The fourth-order valence-electron chi connectivity index (χ4n) is 3.28. The number of nitrogens with zero attached hydrogens (tertiary/aromatic N) is 3. The number of carbonyl (C=O) groups is 1. The summed E-state index contributed by atoms with van der Waals surface area (Å²) in [7, 11) is 1.44. The molecule has 2 aromatic rings. The van der Waals surface area contributed by atoms with Gasteiger partial charge in [-0.15, -0.1) is 0 Å². The van der Waals surface area contributed by atoms with E-state index in [4.69, 9.17) is 4.74 Å². The maximum Gasteiger partial charge on any atom is 0.471 e. The van der Waals surface area contributed by atoms with Crippen LogP contribution in [0.4, 0.5) is 23.4 Å². The van der Waals surface area contributed by atoms with Gasteiger partial charge >= 0.3 is 12.1 Å². The molecular formula is C18H18F4N4O2. The molecule has 0 radical (unpaired) electrons. The van der Waals surface area contributed by atoms with Crippen molar-refractivity contribution in [3.63, 3.8) is 0 Å². The van der Waals surface area contributed by atoms with Gasteiger partial charge in [0.15, 0.2) is 0 Å². The number of aromatic nitrogens is 2. The van der Waals surface area contributed by atoms with Crippen molar-refractivity contribution in [3.8, 4) is 5.88 Å². The molecule has 1 N–H and O–H groups in total. The number of nitrogens with one attached hydrogen (secondary N) is 1. The van der Waals surface area contributed by atoms with E-state index in [1.807, 2.05) is 0 Å². The summed E-state index contributed by atoms with van der Waals surface area (Å²) in [5.41, 5.74) is 0.661. The molecule has 1 aromatic carbocycles. The lowest BCUT2D eigenvalue weighted by atomic mass is 9.85. The Balaban J connectivity index is 1.85. The second-order valence-electron chi connectivity index (χ2n) is 6.39. The van der Waals surface area contributed by atoms with Gasteiger partial charge in [-0.1, -0.05) is 12.1 Å². The van der Waals surface area contributed by atoms with E-state index in [9.17, 15) is 22.4 Å². The van der Waals surface area contributed by atoms with Crippen molar-refractivity contribution in [2.75, 3.05) is 25.1 Å². The third-order valence-electron chi connectivity index (χ3n) is 4.65.